The maximum atomic E-state index is 12.3. The Balaban J connectivity index is 2.18. The molecule has 0 aliphatic carbocycles. The molecule has 0 radical (unpaired) electrons. The highest BCUT2D eigenvalue weighted by molar-refractivity contribution is 7.94. The van der Waals surface area contributed by atoms with E-state index in [1.54, 1.807) is 37.4 Å². The molecule has 0 amide bonds. The summed E-state index contributed by atoms with van der Waals surface area (Å²) in [5, 5.41) is 8.88. The Morgan fingerprint density at radius 3 is 2.81 bits per heavy atom. The largest absolute Gasteiger partial charge is 0.396 e. The maximum absolute atomic E-state index is 12.3. The van der Waals surface area contributed by atoms with Crippen LogP contribution in [0.15, 0.2) is 40.6 Å². The number of sulfonamides is 1. The molecule has 0 spiro atoms. The van der Waals surface area contributed by atoms with Crippen molar-refractivity contribution in [2.75, 3.05) is 18.4 Å². The van der Waals surface area contributed by atoms with Gasteiger partial charge in [0, 0.05) is 30.7 Å². The number of aliphatic hydroxyl groups is 1. The molecular weight excluding hydrogens is 310 g/mol. The van der Waals surface area contributed by atoms with Crippen molar-refractivity contribution in [3.63, 3.8) is 0 Å². The van der Waals surface area contributed by atoms with Crippen molar-refractivity contribution in [3.05, 3.63) is 46.8 Å². The lowest BCUT2D eigenvalue weighted by Gasteiger charge is -2.08. The molecule has 21 heavy (non-hydrogen) atoms. The van der Waals surface area contributed by atoms with Gasteiger partial charge in [-0.3, -0.25) is 4.72 Å². The summed E-state index contributed by atoms with van der Waals surface area (Å²) in [6, 6.07) is 10.3. The van der Waals surface area contributed by atoms with E-state index in [2.05, 4.69) is 4.72 Å². The van der Waals surface area contributed by atoms with Crippen LogP contribution in [0.1, 0.15) is 10.4 Å². The molecule has 2 rings (SSSR count). The van der Waals surface area contributed by atoms with Gasteiger partial charge >= 0.3 is 0 Å². The van der Waals surface area contributed by atoms with Gasteiger partial charge in [-0.15, -0.1) is 11.3 Å². The molecule has 0 bridgehead atoms. The second kappa shape index (κ2) is 7.04. The Morgan fingerprint density at radius 2 is 2.10 bits per heavy atom. The lowest BCUT2D eigenvalue weighted by Crippen LogP contribution is -2.11. The second-order valence-electron chi connectivity index (χ2n) is 4.43. The van der Waals surface area contributed by atoms with Crippen molar-refractivity contribution in [3.8, 4) is 0 Å². The third kappa shape index (κ3) is 4.28. The normalized spacial score (nSPS) is 11.5. The molecule has 0 atom stereocenters. The van der Waals surface area contributed by atoms with Gasteiger partial charge in [0.25, 0.3) is 10.0 Å². The molecule has 0 saturated heterocycles. The number of benzene rings is 1. The van der Waals surface area contributed by atoms with Crippen LogP contribution in [0.4, 0.5) is 5.69 Å². The predicted molar refractivity (Wildman–Crippen MR) is 83.1 cm³/mol. The van der Waals surface area contributed by atoms with E-state index in [1.807, 2.05) is 6.07 Å². The standard InChI is InChI=1S/C14H17NO4S2/c1-19-10-11-3-2-4-12(9-11)15-21(17,18)14-6-5-13(20-14)7-8-16/h2-6,9,15-16H,7-8,10H2,1H3. The lowest BCUT2D eigenvalue weighted by atomic mass is 10.2. The van der Waals surface area contributed by atoms with Gasteiger partial charge in [0.1, 0.15) is 4.21 Å². The topological polar surface area (TPSA) is 75.6 Å². The van der Waals surface area contributed by atoms with E-state index in [0.29, 0.717) is 18.7 Å². The maximum Gasteiger partial charge on any atom is 0.271 e. The van der Waals surface area contributed by atoms with Crippen molar-refractivity contribution >= 4 is 27.0 Å². The molecule has 0 fully saturated rings. The molecule has 7 heteroatoms. The SMILES string of the molecule is COCc1cccc(NS(=O)(=O)c2ccc(CCO)s2)c1. The van der Waals surface area contributed by atoms with Gasteiger partial charge in [-0.2, -0.15) is 0 Å². The fourth-order valence-corrected chi connectivity index (χ4v) is 4.24. The molecule has 114 valence electrons. The van der Waals surface area contributed by atoms with Crippen LogP contribution >= 0.6 is 11.3 Å². The predicted octanol–water partition coefficient (Wildman–Crippen LogP) is 2.23. The first-order valence-corrected chi connectivity index (χ1v) is 8.65. The van der Waals surface area contributed by atoms with Gasteiger partial charge in [0.05, 0.1) is 6.61 Å². The lowest BCUT2D eigenvalue weighted by molar-refractivity contribution is 0.185. The number of aliphatic hydroxyl groups excluding tert-OH is 1. The summed E-state index contributed by atoms with van der Waals surface area (Å²) in [7, 11) is -2.01. The molecule has 0 aliphatic rings. The number of rotatable bonds is 7. The van der Waals surface area contributed by atoms with E-state index in [1.165, 1.54) is 0 Å². The monoisotopic (exact) mass is 327 g/mol. The Hall–Kier alpha value is -1.41. The summed E-state index contributed by atoms with van der Waals surface area (Å²) in [6.45, 7) is 0.432. The third-order valence-corrected chi connectivity index (χ3v) is 5.77. The van der Waals surface area contributed by atoms with Gasteiger partial charge in [-0.25, -0.2) is 8.42 Å². The molecule has 1 aromatic carbocycles. The van der Waals surface area contributed by atoms with Crippen LogP contribution in [0.2, 0.25) is 0 Å². The Bertz CT molecular complexity index is 695. The number of ether oxygens (including phenoxy) is 1. The van der Waals surface area contributed by atoms with Crippen molar-refractivity contribution in [1.82, 2.24) is 0 Å². The summed E-state index contributed by atoms with van der Waals surface area (Å²) < 4.78 is 32.4. The Morgan fingerprint density at radius 1 is 1.29 bits per heavy atom. The quantitative estimate of drug-likeness (QED) is 0.818. The van der Waals surface area contributed by atoms with Crippen molar-refractivity contribution in [1.29, 1.82) is 0 Å². The fourth-order valence-electron chi connectivity index (χ4n) is 1.84. The second-order valence-corrected chi connectivity index (χ2v) is 7.51. The average Bonchev–Trinajstić information content (AvgIpc) is 2.89. The van der Waals surface area contributed by atoms with Crippen molar-refractivity contribution in [2.24, 2.45) is 0 Å². The first-order chi connectivity index (χ1) is 10.0. The zero-order valence-electron chi connectivity index (χ0n) is 11.6. The number of anilines is 1. The molecule has 2 aromatic rings. The minimum absolute atomic E-state index is 0.00644. The molecule has 0 aliphatic heterocycles. The van der Waals surface area contributed by atoms with E-state index in [-0.39, 0.29) is 10.8 Å². The zero-order valence-corrected chi connectivity index (χ0v) is 13.2. The minimum atomic E-state index is -3.60. The number of nitrogens with one attached hydrogen (secondary N) is 1. The molecule has 1 heterocycles. The Kier molecular flexibility index (Phi) is 5.35. The number of hydrogen-bond acceptors (Lipinski definition) is 5. The third-order valence-electron chi connectivity index (χ3n) is 2.75. The first-order valence-electron chi connectivity index (χ1n) is 6.35. The van der Waals surface area contributed by atoms with Crippen LogP contribution in [-0.2, 0) is 27.8 Å². The molecule has 5 nitrogen and oxygen atoms in total. The zero-order chi connectivity index (χ0) is 15.3. The molecule has 0 saturated carbocycles. The number of hydrogen-bond donors (Lipinski definition) is 2. The molecule has 1 aromatic heterocycles. The van der Waals surface area contributed by atoms with E-state index in [4.69, 9.17) is 9.84 Å². The summed E-state index contributed by atoms with van der Waals surface area (Å²) in [4.78, 5) is 0.839. The number of thiophene rings is 1. The highest BCUT2D eigenvalue weighted by Crippen LogP contribution is 2.24. The fraction of sp³-hybridized carbons (Fsp3) is 0.286. The summed E-state index contributed by atoms with van der Waals surface area (Å²) in [5.41, 5.74) is 1.39. The highest BCUT2D eigenvalue weighted by atomic mass is 32.2. The van der Waals surface area contributed by atoms with Gasteiger partial charge in [-0.1, -0.05) is 12.1 Å². The van der Waals surface area contributed by atoms with Crippen LogP contribution in [0.25, 0.3) is 0 Å². The first kappa shape index (κ1) is 16.0. The summed E-state index contributed by atoms with van der Waals surface area (Å²) in [5.74, 6) is 0. The van der Waals surface area contributed by atoms with Gasteiger partial charge in [-0.05, 0) is 29.8 Å². The number of methoxy groups -OCH3 is 1. The highest BCUT2D eigenvalue weighted by Gasteiger charge is 2.17. The summed E-state index contributed by atoms with van der Waals surface area (Å²) in [6.07, 6.45) is 0.462. The van der Waals surface area contributed by atoms with Crippen LogP contribution in [-0.4, -0.2) is 27.2 Å². The molecule has 0 unspecified atom stereocenters. The van der Waals surface area contributed by atoms with Crippen molar-refractivity contribution in [2.45, 2.75) is 17.2 Å². The van der Waals surface area contributed by atoms with E-state index in [9.17, 15) is 8.42 Å². The average molecular weight is 327 g/mol. The molecular formula is C14H17NO4S2. The summed E-state index contributed by atoms with van der Waals surface area (Å²) >= 11 is 1.16. The van der Waals surface area contributed by atoms with Crippen LogP contribution in [0.3, 0.4) is 0 Å². The minimum Gasteiger partial charge on any atom is -0.396 e. The van der Waals surface area contributed by atoms with E-state index in [0.717, 1.165) is 21.8 Å². The van der Waals surface area contributed by atoms with E-state index < -0.39 is 10.0 Å². The van der Waals surface area contributed by atoms with Crippen LogP contribution in [0.5, 0.6) is 0 Å². The van der Waals surface area contributed by atoms with Gasteiger partial charge in [0.2, 0.25) is 0 Å². The smallest absolute Gasteiger partial charge is 0.271 e. The van der Waals surface area contributed by atoms with E-state index >= 15 is 0 Å². The molecule has 2 N–H and O–H groups in total. The Labute approximate surface area is 128 Å². The van der Waals surface area contributed by atoms with Crippen LogP contribution < -0.4 is 4.72 Å². The van der Waals surface area contributed by atoms with Gasteiger partial charge < -0.3 is 9.84 Å². The van der Waals surface area contributed by atoms with Crippen molar-refractivity contribution < 1.29 is 18.3 Å². The van der Waals surface area contributed by atoms with Crippen LogP contribution in [0, 0.1) is 0 Å². The van der Waals surface area contributed by atoms with Gasteiger partial charge in [0.15, 0.2) is 0 Å².